The molecule has 2 aromatic carbocycles. The van der Waals surface area contributed by atoms with Crippen LogP contribution in [0.4, 0.5) is 10.2 Å². The van der Waals surface area contributed by atoms with Crippen molar-refractivity contribution in [1.29, 1.82) is 10.5 Å². The van der Waals surface area contributed by atoms with Crippen LogP contribution in [-0.4, -0.2) is 50.9 Å². The van der Waals surface area contributed by atoms with Crippen molar-refractivity contribution in [3.8, 4) is 29.0 Å². The summed E-state index contributed by atoms with van der Waals surface area (Å²) in [7, 11) is 0. The summed E-state index contributed by atoms with van der Waals surface area (Å²) in [5, 5.41) is 36.3. The van der Waals surface area contributed by atoms with E-state index in [-0.39, 0.29) is 42.4 Å². The van der Waals surface area contributed by atoms with Crippen LogP contribution in [0, 0.1) is 34.5 Å². The highest BCUT2D eigenvalue weighted by Gasteiger charge is 2.47. The maximum atomic E-state index is 16.1. The number of primary amides is 1. The molecular formula is C31H32FN7O3. The number of hydrogen-bond donors (Lipinski definition) is 3. The Morgan fingerprint density at radius 3 is 2.55 bits per heavy atom. The topological polar surface area (TPSA) is 161 Å². The molecule has 1 aromatic heterocycles. The molecule has 2 amide bonds. The number of piperidine rings is 1. The van der Waals surface area contributed by atoms with Crippen molar-refractivity contribution in [1.82, 2.24) is 14.7 Å². The molecule has 216 valence electrons. The van der Waals surface area contributed by atoms with Gasteiger partial charge in [-0.2, -0.15) is 15.6 Å². The fourth-order valence-electron chi connectivity index (χ4n) is 5.62. The van der Waals surface area contributed by atoms with Crippen molar-refractivity contribution >= 4 is 17.6 Å². The number of nitrogens with two attached hydrogens (primary N) is 1. The summed E-state index contributed by atoms with van der Waals surface area (Å²) in [6.45, 7) is 2.88. The van der Waals surface area contributed by atoms with Crippen molar-refractivity contribution in [2.75, 3.05) is 18.4 Å². The molecular weight excluding hydrogens is 537 g/mol. The van der Waals surface area contributed by atoms with Gasteiger partial charge in [0.15, 0.2) is 5.82 Å². The number of halogens is 1. The molecule has 1 aliphatic carbocycles. The van der Waals surface area contributed by atoms with Crippen LogP contribution in [-0.2, 0) is 23.3 Å². The van der Waals surface area contributed by atoms with E-state index in [1.807, 2.05) is 47.4 Å². The Morgan fingerprint density at radius 1 is 1.21 bits per heavy atom. The minimum Gasteiger partial charge on any atom is -0.507 e. The van der Waals surface area contributed by atoms with E-state index in [4.69, 9.17) is 11.0 Å². The third-order valence-corrected chi connectivity index (χ3v) is 8.36. The molecule has 11 heteroatoms. The summed E-state index contributed by atoms with van der Waals surface area (Å²) in [6.07, 6.45) is 1.10. The van der Waals surface area contributed by atoms with E-state index < -0.39 is 29.4 Å². The number of alkyl halides is 1. The maximum absolute atomic E-state index is 16.1. The van der Waals surface area contributed by atoms with Crippen molar-refractivity contribution in [2.45, 2.75) is 50.9 Å². The van der Waals surface area contributed by atoms with Gasteiger partial charge in [-0.25, -0.2) is 4.39 Å². The Morgan fingerprint density at radius 2 is 1.95 bits per heavy atom. The van der Waals surface area contributed by atoms with Crippen LogP contribution in [0.3, 0.4) is 0 Å². The summed E-state index contributed by atoms with van der Waals surface area (Å²) >= 11 is 0. The quantitative estimate of drug-likeness (QED) is 0.352. The molecule has 1 saturated carbocycles. The molecule has 2 fully saturated rings. The lowest BCUT2D eigenvalue weighted by Crippen LogP contribution is -2.54. The molecule has 1 aliphatic heterocycles. The maximum Gasteiger partial charge on any atom is 0.254 e. The number of rotatable bonds is 9. The average molecular weight is 570 g/mol. The van der Waals surface area contributed by atoms with E-state index in [2.05, 4.69) is 23.4 Å². The SMILES string of the molecule is CCc1ccc(-c2ccc(CN3CCC(CC#N)(n4cc(C(N)=O)c(NC(=O)C5CC5C#N)n4)C(F)C3)cc2O)cc1. The number of phenolic OH excluding ortho intramolecular Hbond substituents is 1. The first-order chi connectivity index (χ1) is 20.2. The highest BCUT2D eigenvalue weighted by molar-refractivity contribution is 6.03. The number of aromatic nitrogens is 2. The minimum absolute atomic E-state index is 0.0119. The summed E-state index contributed by atoms with van der Waals surface area (Å²) in [5.41, 5.74) is 7.72. The second kappa shape index (κ2) is 11.6. The minimum atomic E-state index is -1.54. The van der Waals surface area contributed by atoms with Crippen molar-refractivity contribution in [2.24, 2.45) is 17.6 Å². The molecule has 4 atom stereocenters. The van der Waals surface area contributed by atoms with E-state index in [0.717, 1.165) is 17.5 Å². The van der Waals surface area contributed by atoms with Crippen LogP contribution in [0.15, 0.2) is 48.7 Å². The van der Waals surface area contributed by atoms with E-state index in [9.17, 15) is 20.0 Å². The highest BCUT2D eigenvalue weighted by Crippen LogP contribution is 2.40. The van der Waals surface area contributed by atoms with Gasteiger partial charge in [0.05, 0.1) is 30.4 Å². The number of nitrogens with one attached hydrogen (secondary N) is 1. The third-order valence-electron chi connectivity index (χ3n) is 8.36. The number of amides is 2. The lowest BCUT2D eigenvalue weighted by Gasteiger charge is -2.43. The van der Waals surface area contributed by atoms with Gasteiger partial charge in [0.2, 0.25) is 5.91 Å². The second-order valence-electron chi connectivity index (χ2n) is 11.1. The zero-order valence-corrected chi connectivity index (χ0v) is 23.3. The zero-order valence-electron chi connectivity index (χ0n) is 23.3. The van der Waals surface area contributed by atoms with Crippen LogP contribution in [0.5, 0.6) is 5.75 Å². The van der Waals surface area contributed by atoms with Crippen molar-refractivity contribution in [3.63, 3.8) is 0 Å². The van der Waals surface area contributed by atoms with Crippen LogP contribution in [0.2, 0.25) is 0 Å². The number of nitrogens with zero attached hydrogens (tertiary/aromatic N) is 5. The summed E-state index contributed by atoms with van der Waals surface area (Å²) in [4.78, 5) is 26.6. The van der Waals surface area contributed by atoms with Crippen LogP contribution >= 0.6 is 0 Å². The Hall–Kier alpha value is -4.74. The van der Waals surface area contributed by atoms with Gasteiger partial charge in [0.25, 0.3) is 5.91 Å². The second-order valence-corrected chi connectivity index (χ2v) is 11.1. The first kappa shape index (κ1) is 28.8. The molecule has 10 nitrogen and oxygen atoms in total. The van der Waals surface area contributed by atoms with E-state index >= 15 is 4.39 Å². The Kier molecular flexibility index (Phi) is 7.97. The number of aromatic hydroxyl groups is 1. The van der Waals surface area contributed by atoms with Gasteiger partial charge >= 0.3 is 0 Å². The number of anilines is 1. The van der Waals surface area contributed by atoms with Gasteiger partial charge in [-0.1, -0.05) is 43.3 Å². The Bertz CT molecular complexity index is 1590. The van der Waals surface area contributed by atoms with Crippen LogP contribution < -0.4 is 11.1 Å². The van der Waals surface area contributed by atoms with Gasteiger partial charge in [0, 0.05) is 31.4 Å². The summed E-state index contributed by atoms with van der Waals surface area (Å²) in [6, 6.07) is 17.6. The zero-order chi connectivity index (χ0) is 30.0. The van der Waals surface area contributed by atoms with Gasteiger partial charge in [-0.05, 0) is 42.0 Å². The molecule has 2 heterocycles. The number of likely N-dealkylation sites (tertiary alicyclic amines) is 1. The smallest absolute Gasteiger partial charge is 0.254 e. The number of nitriles is 2. The van der Waals surface area contributed by atoms with Gasteiger partial charge in [-0.3, -0.25) is 19.2 Å². The molecule has 0 radical (unpaired) electrons. The van der Waals surface area contributed by atoms with Crippen LogP contribution in [0.1, 0.15) is 47.7 Å². The van der Waals surface area contributed by atoms with E-state index in [1.165, 1.54) is 16.4 Å². The monoisotopic (exact) mass is 569 g/mol. The first-order valence-electron chi connectivity index (χ1n) is 13.9. The molecule has 0 bridgehead atoms. The number of aryl methyl sites for hydroxylation is 1. The van der Waals surface area contributed by atoms with Crippen molar-refractivity contribution < 1.29 is 19.1 Å². The fraction of sp³-hybridized carbons (Fsp3) is 0.387. The molecule has 4 unspecified atom stereocenters. The lowest BCUT2D eigenvalue weighted by molar-refractivity contribution is -0.117. The Labute approximate surface area is 243 Å². The molecule has 4 N–H and O–H groups in total. The predicted molar refractivity (Wildman–Crippen MR) is 152 cm³/mol. The van der Waals surface area contributed by atoms with Gasteiger partial charge in [0.1, 0.15) is 23.0 Å². The summed E-state index contributed by atoms with van der Waals surface area (Å²) in [5.74, 6) is -2.17. The fourth-order valence-corrected chi connectivity index (χ4v) is 5.62. The summed E-state index contributed by atoms with van der Waals surface area (Å²) < 4.78 is 17.3. The number of carbonyl (C=O) groups excluding carboxylic acids is 2. The molecule has 5 rings (SSSR count). The van der Waals surface area contributed by atoms with Crippen LogP contribution in [0.25, 0.3) is 11.1 Å². The first-order valence-corrected chi connectivity index (χ1v) is 13.9. The average Bonchev–Trinajstić information content (AvgIpc) is 3.65. The molecule has 0 spiro atoms. The van der Waals surface area contributed by atoms with Crippen molar-refractivity contribution in [3.05, 3.63) is 65.4 Å². The van der Waals surface area contributed by atoms with E-state index in [0.29, 0.717) is 25.1 Å². The Balaban J connectivity index is 1.32. The van der Waals surface area contributed by atoms with Gasteiger partial charge in [-0.15, -0.1) is 0 Å². The predicted octanol–water partition coefficient (Wildman–Crippen LogP) is 3.87. The molecule has 2 aliphatic rings. The molecule has 1 saturated heterocycles. The number of hydrogen-bond acceptors (Lipinski definition) is 7. The third kappa shape index (κ3) is 5.56. The standard InChI is InChI=1S/C31H32FN7O3/c1-2-19-3-6-21(7-4-19)23-8-5-20(13-26(23)40)16-38-12-10-31(9-11-33,27(32)18-38)39-17-25(28(35)41)29(37-39)36-30(42)24-14-22(24)15-34/h3-8,13,17,22,24,27,40H,2,9-10,12,14,16,18H2,1H3,(H2,35,41)(H,36,37,42). The van der Waals surface area contributed by atoms with Gasteiger partial charge < -0.3 is 16.2 Å². The number of phenols is 1. The number of carbonyl (C=O) groups is 2. The highest BCUT2D eigenvalue weighted by atomic mass is 19.1. The van der Waals surface area contributed by atoms with E-state index in [1.54, 1.807) is 6.07 Å². The number of benzene rings is 2. The molecule has 3 aromatic rings. The lowest BCUT2D eigenvalue weighted by atomic mass is 9.83. The normalized spacial score (nSPS) is 23.5. The molecule has 42 heavy (non-hydrogen) atoms. The largest absolute Gasteiger partial charge is 0.507 e.